The van der Waals surface area contributed by atoms with Gasteiger partial charge in [0.05, 0.1) is 20.7 Å². The predicted molar refractivity (Wildman–Crippen MR) is 115 cm³/mol. The summed E-state index contributed by atoms with van der Waals surface area (Å²) in [5, 5.41) is 9.82. The van der Waals surface area contributed by atoms with E-state index in [4.69, 9.17) is 5.10 Å². The number of hydrogen-bond acceptors (Lipinski definition) is 5. The molecule has 0 fully saturated rings. The molecule has 1 aliphatic carbocycles. The molecular weight excluding hydrogens is 370 g/mol. The van der Waals surface area contributed by atoms with Crippen LogP contribution in [0.15, 0.2) is 40.8 Å². The Morgan fingerprint density at radius 1 is 1.18 bits per heavy atom. The molecule has 0 atom stereocenters. The van der Waals surface area contributed by atoms with Crippen molar-refractivity contribution in [1.29, 1.82) is 0 Å². The number of fused-ring (bicyclic) bond motifs is 2. The van der Waals surface area contributed by atoms with Crippen LogP contribution in [0.4, 0.5) is 11.5 Å². The second kappa shape index (κ2) is 6.60. The van der Waals surface area contributed by atoms with Crippen molar-refractivity contribution >= 4 is 49.7 Å². The number of aromatic nitrogens is 4. The Balaban J connectivity index is 1.65. The van der Waals surface area contributed by atoms with Gasteiger partial charge in [-0.3, -0.25) is 4.79 Å². The van der Waals surface area contributed by atoms with Gasteiger partial charge in [-0.15, -0.1) is 16.4 Å². The maximum absolute atomic E-state index is 12.6. The third kappa shape index (κ3) is 2.82. The average molecular weight is 392 g/mol. The molecule has 28 heavy (non-hydrogen) atoms. The van der Waals surface area contributed by atoms with Gasteiger partial charge >= 0.3 is 0 Å². The van der Waals surface area contributed by atoms with E-state index in [0.717, 1.165) is 45.7 Å². The molecular formula is C21H21N5OS. The number of anilines is 2. The average Bonchev–Trinajstić information content (AvgIpc) is 3.22. The lowest BCUT2D eigenvalue weighted by Gasteiger charge is -2.18. The summed E-state index contributed by atoms with van der Waals surface area (Å²) >= 11 is 1.66. The van der Waals surface area contributed by atoms with E-state index in [-0.39, 0.29) is 5.56 Å². The molecule has 0 aliphatic heterocycles. The number of pyridine rings is 1. The highest BCUT2D eigenvalue weighted by Gasteiger charge is 2.19. The molecule has 0 saturated heterocycles. The molecule has 5 rings (SSSR count). The number of aromatic amines is 1. The normalized spacial score (nSPS) is 14.9. The van der Waals surface area contributed by atoms with Crippen LogP contribution in [-0.2, 0) is 0 Å². The maximum atomic E-state index is 12.6. The summed E-state index contributed by atoms with van der Waals surface area (Å²) in [5.74, 6) is 0.586. The van der Waals surface area contributed by atoms with E-state index in [0.29, 0.717) is 11.2 Å². The van der Waals surface area contributed by atoms with Crippen LogP contribution in [0.1, 0.15) is 37.6 Å². The Morgan fingerprint density at radius 3 is 2.89 bits per heavy atom. The summed E-state index contributed by atoms with van der Waals surface area (Å²) in [7, 11) is 0. The molecule has 4 aromatic rings. The first kappa shape index (κ1) is 17.2. The molecule has 0 saturated carbocycles. The van der Waals surface area contributed by atoms with E-state index in [2.05, 4.69) is 28.3 Å². The van der Waals surface area contributed by atoms with Crippen LogP contribution < -0.4 is 10.9 Å². The number of nitrogens with zero attached hydrogens (tertiary/aromatic N) is 3. The highest BCUT2D eigenvalue weighted by molar-refractivity contribution is 7.18. The van der Waals surface area contributed by atoms with Crippen LogP contribution in [0.2, 0.25) is 0 Å². The zero-order valence-electron chi connectivity index (χ0n) is 15.9. The second-order valence-corrected chi connectivity index (χ2v) is 8.54. The zero-order valence-corrected chi connectivity index (χ0v) is 16.7. The van der Waals surface area contributed by atoms with E-state index in [1.54, 1.807) is 17.5 Å². The molecule has 0 bridgehead atoms. The van der Waals surface area contributed by atoms with Crippen molar-refractivity contribution in [1.82, 2.24) is 19.7 Å². The number of rotatable bonds is 3. The van der Waals surface area contributed by atoms with Gasteiger partial charge in [0, 0.05) is 17.6 Å². The number of allylic oxidation sites excluding steroid dienone is 2. The van der Waals surface area contributed by atoms with Gasteiger partial charge in [-0.25, -0.2) is 9.67 Å². The lowest BCUT2D eigenvalue weighted by Crippen LogP contribution is -2.08. The van der Waals surface area contributed by atoms with Crippen LogP contribution in [0.3, 0.4) is 0 Å². The Labute approximate surface area is 165 Å². The third-order valence-corrected chi connectivity index (χ3v) is 6.26. The first-order valence-electron chi connectivity index (χ1n) is 9.54. The van der Waals surface area contributed by atoms with Gasteiger partial charge in [-0.1, -0.05) is 5.57 Å². The molecule has 1 aromatic carbocycles. The van der Waals surface area contributed by atoms with E-state index < -0.39 is 0 Å². The number of benzene rings is 1. The van der Waals surface area contributed by atoms with Gasteiger partial charge in [0.2, 0.25) is 0 Å². The predicted octanol–water partition coefficient (Wildman–Crippen LogP) is 5.19. The summed E-state index contributed by atoms with van der Waals surface area (Å²) in [6.07, 6.45) is 6.14. The molecule has 0 spiro atoms. The molecule has 0 unspecified atom stereocenters. The van der Waals surface area contributed by atoms with Crippen molar-refractivity contribution in [2.24, 2.45) is 0 Å². The minimum Gasteiger partial charge on any atom is -0.338 e. The monoisotopic (exact) mass is 391 g/mol. The van der Waals surface area contributed by atoms with Gasteiger partial charge in [0.15, 0.2) is 5.82 Å². The van der Waals surface area contributed by atoms with Crippen molar-refractivity contribution in [2.75, 3.05) is 5.32 Å². The van der Waals surface area contributed by atoms with E-state index in [1.165, 1.54) is 17.7 Å². The van der Waals surface area contributed by atoms with E-state index in [1.807, 2.05) is 29.8 Å². The van der Waals surface area contributed by atoms with Gasteiger partial charge in [-0.05, 0) is 63.8 Å². The van der Waals surface area contributed by atoms with Gasteiger partial charge in [0.1, 0.15) is 5.39 Å². The molecule has 2 N–H and O–H groups in total. The van der Waals surface area contributed by atoms with Crippen molar-refractivity contribution in [3.63, 3.8) is 0 Å². The molecule has 6 nitrogen and oxygen atoms in total. The number of hydrogen-bond donors (Lipinski definition) is 2. The fourth-order valence-electron chi connectivity index (χ4n) is 3.95. The Morgan fingerprint density at radius 2 is 2.04 bits per heavy atom. The minimum atomic E-state index is -0.130. The molecule has 0 radical (unpaired) electrons. The van der Waals surface area contributed by atoms with Gasteiger partial charge < -0.3 is 10.3 Å². The van der Waals surface area contributed by atoms with Crippen molar-refractivity contribution < 1.29 is 0 Å². The first-order valence-corrected chi connectivity index (χ1v) is 10.4. The molecule has 0 amide bonds. The maximum Gasteiger partial charge on any atom is 0.261 e. The largest absolute Gasteiger partial charge is 0.338 e. The van der Waals surface area contributed by atoms with Crippen LogP contribution in [0.25, 0.3) is 26.8 Å². The number of H-pyrrole nitrogens is 1. The van der Waals surface area contributed by atoms with Crippen LogP contribution in [-0.4, -0.2) is 19.7 Å². The van der Waals surface area contributed by atoms with Gasteiger partial charge in [-0.2, -0.15) is 0 Å². The quantitative estimate of drug-likeness (QED) is 0.504. The Kier molecular flexibility index (Phi) is 4.05. The molecule has 7 heteroatoms. The Bertz CT molecular complexity index is 1290. The Hall–Kier alpha value is -2.93. The lowest BCUT2D eigenvalue weighted by atomic mass is 9.97. The number of nitrogens with one attached hydrogen (secondary N) is 2. The summed E-state index contributed by atoms with van der Waals surface area (Å²) < 4.78 is 3.07. The highest BCUT2D eigenvalue weighted by Crippen LogP contribution is 2.33. The molecule has 3 heterocycles. The lowest BCUT2D eigenvalue weighted by molar-refractivity contribution is 0.679. The highest BCUT2D eigenvalue weighted by atomic mass is 32.1. The molecule has 142 valence electrons. The van der Waals surface area contributed by atoms with Gasteiger partial charge in [0.25, 0.3) is 5.56 Å². The van der Waals surface area contributed by atoms with Crippen molar-refractivity contribution in [2.45, 2.75) is 39.5 Å². The summed E-state index contributed by atoms with van der Waals surface area (Å²) in [4.78, 5) is 19.9. The SMILES string of the molecule is CC1=C(n2nc(Nc3ccc4nc(C)sc4c3)c3c(=O)[nH]ccc32)CCCC1. The zero-order chi connectivity index (χ0) is 19.3. The second-order valence-electron chi connectivity index (χ2n) is 7.30. The number of aryl methyl sites for hydroxylation is 1. The van der Waals surface area contributed by atoms with Crippen LogP contribution >= 0.6 is 11.3 Å². The third-order valence-electron chi connectivity index (χ3n) is 5.33. The summed E-state index contributed by atoms with van der Waals surface area (Å²) in [6.45, 7) is 4.18. The van der Waals surface area contributed by atoms with E-state index in [9.17, 15) is 4.79 Å². The smallest absolute Gasteiger partial charge is 0.261 e. The van der Waals surface area contributed by atoms with E-state index >= 15 is 0 Å². The molecule has 3 aromatic heterocycles. The minimum absolute atomic E-state index is 0.130. The fraction of sp³-hybridized carbons (Fsp3) is 0.286. The van der Waals surface area contributed by atoms with Crippen molar-refractivity contribution in [3.05, 3.63) is 51.4 Å². The standard InChI is InChI=1S/C21H21N5OS/c1-12-5-3-4-6-16(12)26-17-9-10-22-21(27)19(17)20(25-26)24-14-7-8-15-18(11-14)28-13(2)23-15/h7-11H,3-6H2,1-2H3,(H,22,27)(H,24,25). The number of thiazole rings is 1. The first-order chi connectivity index (χ1) is 13.6. The fourth-order valence-corrected chi connectivity index (χ4v) is 4.82. The summed E-state index contributed by atoms with van der Waals surface area (Å²) in [5.41, 5.74) is 5.17. The topological polar surface area (TPSA) is 75.6 Å². The van der Waals surface area contributed by atoms with Crippen molar-refractivity contribution in [3.8, 4) is 0 Å². The van der Waals surface area contributed by atoms with Crippen LogP contribution in [0.5, 0.6) is 0 Å². The van der Waals surface area contributed by atoms with Crippen LogP contribution in [0, 0.1) is 6.92 Å². The summed E-state index contributed by atoms with van der Waals surface area (Å²) in [6, 6.07) is 7.97. The molecule has 1 aliphatic rings.